The predicted molar refractivity (Wildman–Crippen MR) is 89.4 cm³/mol. The number of nitrogens with one attached hydrogen (secondary N) is 1. The van der Waals surface area contributed by atoms with Gasteiger partial charge in [0.05, 0.1) is 0 Å². The Hall–Kier alpha value is -3.50. The third kappa shape index (κ3) is 4.19. The maximum Gasteiger partial charge on any atom is 0.387 e. The Morgan fingerprint density at radius 1 is 1.33 bits per heavy atom. The van der Waals surface area contributed by atoms with Gasteiger partial charge in [-0.15, -0.1) is 0 Å². The molecule has 1 N–H and O–H groups in total. The molecule has 0 saturated carbocycles. The predicted octanol–water partition coefficient (Wildman–Crippen LogP) is 1.79. The van der Waals surface area contributed by atoms with Gasteiger partial charge in [0.15, 0.2) is 0 Å². The molecule has 0 aliphatic heterocycles. The highest BCUT2D eigenvalue weighted by atomic mass is 19.3. The van der Waals surface area contributed by atoms with Crippen LogP contribution in [0.25, 0.3) is 11.3 Å². The Morgan fingerprint density at radius 3 is 2.63 bits per heavy atom. The first kappa shape index (κ1) is 18.3. The highest BCUT2D eigenvalue weighted by molar-refractivity contribution is 5.89. The summed E-state index contributed by atoms with van der Waals surface area (Å²) in [5, 5.41) is 10.2. The van der Waals surface area contributed by atoms with Crippen molar-refractivity contribution in [3.8, 4) is 17.0 Å². The number of ether oxygens (including phenoxy) is 1. The molecule has 0 unspecified atom stereocenters. The van der Waals surface area contributed by atoms with Crippen LogP contribution in [0.5, 0.6) is 5.75 Å². The lowest BCUT2D eigenvalue weighted by Gasteiger charge is -2.04. The van der Waals surface area contributed by atoms with Crippen LogP contribution in [0.15, 0.2) is 39.6 Å². The fourth-order valence-corrected chi connectivity index (χ4v) is 2.29. The maximum absolute atomic E-state index is 12.2. The Balaban J connectivity index is 1.66. The zero-order valence-electron chi connectivity index (χ0n) is 14.3. The van der Waals surface area contributed by atoms with Crippen molar-refractivity contribution in [3.63, 3.8) is 0 Å². The van der Waals surface area contributed by atoms with E-state index in [1.807, 2.05) is 0 Å². The number of carbonyl (C=O) groups is 1. The van der Waals surface area contributed by atoms with Crippen molar-refractivity contribution >= 4 is 11.8 Å². The van der Waals surface area contributed by atoms with Crippen molar-refractivity contribution in [1.82, 2.24) is 19.5 Å². The molecule has 9 nitrogen and oxygen atoms in total. The highest BCUT2D eigenvalue weighted by Crippen LogP contribution is 2.24. The first-order valence-corrected chi connectivity index (χ1v) is 7.75. The molecule has 0 aliphatic carbocycles. The van der Waals surface area contributed by atoms with Crippen molar-refractivity contribution in [2.45, 2.75) is 20.1 Å². The van der Waals surface area contributed by atoms with Gasteiger partial charge in [0.25, 0.3) is 0 Å². The number of hydrogen-bond acceptors (Lipinski definition) is 6. The lowest BCUT2D eigenvalue weighted by Crippen LogP contribution is -2.29. The molecular formula is C16H15F2N5O4. The van der Waals surface area contributed by atoms with E-state index in [0.717, 1.165) is 4.68 Å². The fraction of sp³-hybridized carbons (Fsp3) is 0.250. The van der Waals surface area contributed by atoms with E-state index in [4.69, 9.17) is 4.52 Å². The molecule has 142 valence electrons. The normalized spacial score (nSPS) is 11.0. The average molecular weight is 379 g/mol. The molecular weight excluding hydrogens is 364 g/mol. The first-order chi connectivity index (χ1) is 12.8. The number of aromatic nitrogens is 4. The molecule has 0 saturated heterocycles. The summed E-state index contributed by atoms with van der Waals surface area (Å²) in [5.41, 5.74) is 0.559. The summed E-state index contributed by atoms with van der Waals surface area (Å²) in [5.74, 6) is 0.0538. The second-order valence-corrected chi connectivity index (χ2v) is 5.57. The van der Waals surface area contributed by atoms with Crippen molar-refractivity contribution < 1.29 is 22.8 Å². The third-order valence-corrected chi connectivity index (χ3v) is 3.70. The van der Waals surface area contributed by atoms with Crippen LogP contribution in [0.2, 0.25) is 0 Å². The van der Waals surface area contributed by atoms with Crippen LogP contribution in [0.1, 0.15) is 5.82 Å². The summed E-state index contributed by atoms with van der Waals surface area (Å²) in [4.78, 5) is 23.9. The number of amides is 1. The maximum atomic E-state index is 12.2. The molecule has 0 fully saturated rings. The summed E-state index contributed by atoms with van der Waals surface area (Å²) in [6, 6.07) is 7.25. The average Bonchev–Trinajstić information content (AvgIpc) is 3.16. The molecule has 0 radical (unpaired) electrons. The standard InChI is InChI=1S/C16H15F2N5O4/c1-9-20-23(16(25)22(9)2)8-13(24)19-14-7-12(21-27-14)10-3-5-11(6-4-10)26-15(17)18/h3-7,15H,8H2,1-2H3,(H,19,24). The zero-order valence-corrected chi connectivity index (χ0v) is 14.3. The third-order valence-electron chi connectivity index (χ3n) is 3.70. The minimum Gasteiger partial charge on any atom is -0.435 e. The lowest BCUT2D eigenvalue weighted by atomic mass is 10.1. The summed E-state index contributed by atoms with van der Waals surface area (Å²) >= 11 is 0. The molecule has 2 aromatic heterocycles. The zero-order chi connectivity index (χ0) is 19.6. The van der Waals surface area contributed by atoms with Crippen molar-refractivity contribution in [2.75, 3.05) is 5.32 Å². The van der Waals surface area contributed by atoms with Gasteiger partial charge in [-0.1, -0.05) is 5.16 Å². The van der Waals surface area contributed by atoms with E-state index in [0.29, 0.717) is 17.1 Å². The van der Waals surface area contributed by atoms with E-state index in [1.54, 1.807) is 14.0 Å². The van der Waals surface area contributed by atoms with Gasteiger partial charge < -0.3 is 9.26 Å². The number of alkyl halides is 2. The van der Waals surface area contributed by atoms with Crippen molar-refractivity contribution in [1.29, 1.82) is 0 Å². The number of benzene rings is 1. The number of hydrogen-bond donors (Lipinski definition) is 1. The Morgan fingerprint density at radius 2 is 2.04 bits per heavy atom. The van der Waals surface area contributed by atoms with E-state index in [1.165, 1.54) is 34.9 Å². The van der Waals surface area contributed by atoms with Crippen molar-refractivity contribution in [2.24, 2.45) is 7.05 Å². The molecule has 1 aromatic carbocycles. The van der Waals surface area contributed by atoms with Crippen LogP contribution in [0.4, 0.5) is 14.7 Å². The summed E-state index contributed by atoms with van der Waals surface area (Å²) in [6.45, 7) is -1.54. The van der Waals surface area contributed by atoms with E-state index in [-0.39, 0.29) is 18.2 Å². The minimum absolute atomic E-state index is 0.0156. The Bertz CT molecular complexity index is 1010. The number of halogens is 2. The van der Waals surface area contributed by atoms with Gasteiger partial charge in [-0.25, -0.2) is 9.48 Å². The highest BCUT2D eigenvalue weighted by Gasteiger charge is 2.14. The summed E-state index contributed by atoms with van der Waals surface area (Å²) < 4.78 is 36.0. The van der Waals surface area contributed by atoms with E-state index in [2.05, 4.69) is 20.3 Å². The van der Waals surface area contributed by atoms with E-state index in [9.17, 15) is 18.4 Å². The molecule has 0 aliphatic rings. The SMILES string of the molecule is Cc1nn(CC(=O)Nc2cc(-c3ccc(OC(F)F)cc3)no2)c(=O)n1C. The smallest absolute Gasteiger partial charge is 0.387 e. The van der Waals surface area contributed by atoms with Gasteiger partial charge in [-0.3, -0.25) is 14.7 Å². The van der Waals surface area contributed by atoms with Gasteiger partial charge in [-0.2, -0.15) is 13.9 Å². The second kappa shape index (κ2) is 7.40. The molecule has 2 heterocycles. The van der Waals surface area contributed by atoms with Gasteiger partial charge in [-0.05, 0) is 31.2 Å². The number of rotatable bonds is 6. The van der Waals surface area contributed by atoms with Gasteiger partial charge in [0, 0.05) is 18.7 Å². The number of anilines is 1. The molecule has 11 heteroatoms. The Kier molecular flexibility index (Phi) is 5.01. The topological polar surface area (TPSA) is 104 Å². The largest absolute Gasteiger partial charge is 0.435 e. The molecule has 0 spiro atoms. The van der Waals surface area contributed by atoms with Gasteiger partial charge >= 0.3 is 12.3 Å². The molecule has 27 heavy (non-hydrogen) atoms. The van der Waals surface area contributed by atoms with E-state index >= 15 is 0 Å². The van der Waals surface area contributed by atoms with Gasteiger partial charge in [0.2, 0.25) is 11.8 Å². The van der Waals surface area contributed by atoms with E-state index < -0.39 is 18.2 Å². The van der Waals surface area contributed by atoms with Crippen LogP contribution < -0.4 is 15.7 Å². The Labute approximate surface area is 151 Å². The summed E-state index contributed by atoms with van der Waals surface area (Å²) in [7, 11) is 1.55. The minimum atomic E-state index is -2.90. The first-order valence-electron chi connectivity index (χ1n) is 7.75. The fourth-order valence-electron chi connectivity index (χ4n) is 2.29. The van der Waals surface area contributed by atoms with Crippen LogP contribution in [-0.4, -0.2) is 32.0 Å². The number of nitrogens with zero attached hydrogens (tertiary/aromatic N) is 4. The van der Waals surface area contributed by atoms with Crippen LogP contribution >= 0.6 is 0 Å². The lowest BCUT2D eigenvalue weighted by molar-refractivity contribution is -0.117. The number of aryl methyl sites for hydroxylation is 1. The molecule has 3 aromatic rings. The molecule has 0 atom stereocenters. The summed E-state index contributed by atoms with van der Waals surface area (Å²) in [6.07, 6.45) is 0. The monoisotopic (exact) mass is 379 g/mol. The van der Waals surface area contributed by atoms with Crippen LogP contribution in [0.3, 0.4) is 0 Å². The quantitative estimate of drug-likeness (QED) is 0.700. The molecule has 0 bridgehead atoms. The van der Waals surface area contributed by atoms with Crippen LogP contribution in [-0.2, 0) is 18.4 Å². The van der Waals surface area contributed by atoms with Gasteiger partial charge in [0.1, 0.15) is 23.8 Å². The van der Waals surface area contributed by atoms with Crippen molar-refractivity contribution in [3.05, 3.63) is 46.6 Å². The molecule has 3 rings (SSSR count). The molecule has 1 amide bonds. The van der Waals surface area contributed by atoms with Crippen LogP contribution in [0, 0.1) is 6.92 Å². The number of carbonyl (C=O) groups excluding carboxylic acids is 1. The second-order valence-electron chi connectivity index (χ2n) is 5.57.